The lowest BCUT2D eigenvalue weighted by molar-refractivity contribution is -0.385. The Morgan fingerprint density at radius 3 is 2.40 bits per heavy atom. The minimum absolute atomic E-state index is 0.00627. The first kappa shape index (κ1) is 11.9. The van der Waals surface area contributed by atoms with Crippen molar-refractivity contribution in [1.29, 1.82) is 0 Å². The van der Waals surface area contributed by atoms with Crippen molar-refractivity contribution in [2.45, 2.75) is 11.8 Å². The van der Waals surface area contributed by atoms with Crippen molar-refractivity contribution in [3.63, 3.8) is 0 Å². The molecule has 0 saturated heterocycles. The number of primary sulfonamides is 1. The Morgan fingerprint density at radius 1 is 1.47 bits per heavy atom. The van der Waals surface area contributed by atoms with Gasteiger partial charge in [0.15, 0.2) is 0 Å². The van der Waals surface area contributed by atoms with Crippen LogP contribution in [-0.4, -0.2) is 13.3 Å². The van der Waals surface area contributed by atoms with Crippen molar-refractivity contribution in [2.75, 3.05) is 0 Å². The molecule has 2 N–H and O–H groups in total. The van der Waals surface area contributed by atoms with Crippen molar-refractivity contribution in [1.82, 2.24) is 0 Å². The molecular weight excluding hydrogens is 244 g/mol. The van der Waals surface area contributed by atoms with Crippen LogP contribution in [0.3, 0.4) is 0 Å². The molecule has 6 nitrogen and oxygen atoms in total. The van der Waals surface area contributed by atoms with Crippen LogP contribution in [0.25, 0.3) is 0 Å². The predicted molar refractivity (Wildman–Crippen MR) is 54.2 cm³/mol. The average Bonchev–Trinajstić information content (AvgIpc) is 2.06. The maximum atomic E-state index is 11.0. The summed E-state index contributed by atoms with van der Waals surface area (Å²) in [6, 6.07) is 1.97. The van der Waals surface area contributed by atoms with Crippen LogP contribution in [0.15, 0.2) is 17.0 Å². The molecule has 0 aromatic heterocycles. The molecule has 0 bridgehead atoms. The molecule has 8 heteroatoms. The van der Waals surface area contributed by atoms with Gasteiger partial charge in [0.25, 0.3) is 5.69 Å². The number of nitro benzene ring substituents is 1. The van der Waals surface area contributed by atoms with E-state index in [2.05, 4.69) is 0 Å². The Bertz CT molecular complexity index is 526. The largest absolute Gasteiger partial charge is 0.275 e. The quantitative estimate of drug-likeness (QED) is 0.629. The van der Waals surface area contributed by atoms with Crippen molar-refractivity contribution in [3.05, 3.63) is 32.8 Å². The summed E-state index contributed by atoms with van der Waals surface area (Å²) in [4.78, 5) is 9.48. The second-order valence-electron chi connectivity index (χ2n) is 2.85. The van der Waals surface area contributed by atoms with Crippen LogP contribution in [0.5, 0.6) is 0 Å². The van der Waals surface area contributed by atoms with E-state index in [1.165, 1.54) is 6.92 Å². The van der Waals surface area contributed by atoms with Gasteiger partial charge in [-0.1, -0.05) is 11.6 Å². The Kier molecular flexibility index (Phi) is 2.98. The Hall–Kier alpha value is -1.18. The van der Waals surface area contributed by atoms with E-state index in [1.807, 2.05) is 0 Å². The minimum atomic E-state index is -3.99. The zero-order chi connectivity index (χ0) is 11.8. The standard InChI is InChI=1S/C7H7ClN2O4S/c1-4-6(8)2-5(15(9,13)14)3-7(4)10(11)12/h2-3H,1H3,(H2,9,13,14). The molecule has 0 atom stereocenters. The van der Waals surface area contributed by atoms with Crippen molar-refractivity contribution in [3.8, 4) is 0 Å². The molecule has 0 radical (unpaired) electrons. The number of nitro groups is 1. The van der Waals surface area contributed by atoms with E-state index >= 15 is 0 Å². The summed E-state index contributed by atoms with van der Waals surface area (Å²) in [7, 11) is -3.99. The van der Waals surface area contributed by atoms with Crippen LogP contribution >= 0.6 is 11.6 Å². The highest BCUT2D eigenvalue weighted by Crippen LogP contribution is 2.28. The van der Waals surface area contributed by atoms with Crippen LogP contribution in [0, 0.1) is 17.0 Å². The van der Waals surface area contributed by atoms with E-state index in [0.717, 1.165) is 12.1 Å². The number of sulfonamides is 1. The molecule has 0 aliphatic heterocycles. The topological polar surface area (TPSA) is 103 Å². The molecule has 0 saturated carbocycles. The summed E-state index contributed by atoms with van der Waals surface area (Å²) in [6.45, 7) is 1.42. The highest BCUT2D eigenvalue weighted by atomic mass is 35.5. The molecule has 0 heterocycles. The summed E-state index contributed by atoms with van der Waals surface area (Å²) in [6.07, 6.45) is 0. The molecule has 1 rings (SSSR count). The smallest absolute Gasteiger partial charge is 0.258 e. The lowest BCUT2D eigenvalue weighted by Crippen LogP contribution is -2.12. The second kappa shape index (κ2) is 3.76. The lowest BCUT2D eigenvalue weighted by atomic mass is 10.2. The first-order valence-corrected chi connectivity index (χ1v) is 5.63. The summed E-state index contributed by atoms with van der Waals surface area (Å²) in [5.74, 6) is 0. The third-order valence-corrected chi connectivity index (χ3v) is 3.10. The molecule has 0 unspecified atom stereocenters. The van der Waals surface area contributed by atoms with Gasteiger partial charge in [-0.15, -0.1) is 0 Å². The first-order chi connectivity index (χ1) is 6.73. The number of hydrogen-bond acceptors (Lipinski definition) is 4. The zero-order valence-corrected chi connectivity index (χ0v) is 9.17. The van der Waals surface area contributed by atoms with Gasteiger partial charge < -0.3 is 0 Å². The molecule has 0 amide bonds. The summed E-state index contributed by atoms with van der Waals surface area (Å²) >= 11 is 5.64. The summed E-state index contributed by atoms with van der Waals surface area (Å²) < 4.78 is 21.9. The third-order valence-electron chi connectivity index (χ3n) is 1.82. The number of halogens is 1. The fourth-order valence-electron chi connectivity index (χ4n) is 0.994. The van der Waals surface area contributed by atoms with Gasteiger partial charge in [-0.25, -0.2) is 13.6 Å². The SMILES string of the molecule is Cc1c(Cl)cc(S(N)(=O)=O)cc1[N+](=O)[O-]. The number of nitrogens with zero attached hydrogens (tertiary/aromatic N) is 1. The van der Waals surface area contributed by atoms with Crippen LogP contribution < -0.4 is 5.14 Å². The second-order valence-corrected chi connectivity index (χ2v) is 4.82. The van der Waals surface area contributed by atoms with Gasteiger partial charge in [-0.3, -0.25) is 10.1 Å². The number of rotatable bonds is 2. The van der Waals surface area contributed by atoms with E-state index in [1.54, 1.807) is 0 Å². The summed E-state index contributed by atoms with van der Waals surface area (Å²) in [5, 5.41) is 15.4. The lowest BCUT2D eigenvalue weighted by Gasteiger charge is -2.03. The zero-order valence-electron chi connectivity index (χ0n) is 7.60. The van der Waals surface area contributed by atoms with E-state index in [4.69, 9.17) is 16.7 Å². The third kappa shape index (κ3) is 2.44. The van der Waals surface area contributed by atoms with Gasteiger partial charge in [0.05, 0.1) is 14.8 Å². The summed E-state index contributed by atoms with van der Waals surface area (Å²) in [5.41, 5.74) is -0.166. The maximum Gasteiger partial charge on any atom is 0.275 e. The van der Waals surface area contributed by atoms with Crippen LogP contribution in [0.4, 0.5) is 5.69 Å². The highest BCUT2D eigenvalue weighted by molar-refractivity contribution is 7.89. The Morgan fingerprint density at radius 2 is 2.00 bits per heavy atom. The van der Waals surface area contributed by atoms with Gasteiger partial charge in [0.1, 0.15) is 0 Å². The monoisotopic (exact) mass is 250 g/mol. The van der Waals surface area contributed by atoms with Gasteiger partial charge >= 0.3 is 0 Å². The number of hydrogen-bond donors (Lipinski definition) is 1. The molecule has 0 aliphatic carbocycles. The van der Waals surface area contributed by atoms with Gasteiger partial charge in [-0.05, 0) is 13.0 Å². The minimum Gasteiger partial charge on any atom is -0.258 e. The van der Waals surface area contributed by atoms with Gasteiger partial charge in [0.2, 0.25) is 10.0 Å². The van der Waals surface area contributed by atoms with E-state index < -0.39 is 14.9 Å². The molecule has 0 aliphatic rings. The fourth-order valence-corrected chi connectivity index (χ4v) is 1.83. The molecule has 15 heavy (non-hydrogen) atoms. The predicted octanol–water partition coefficient (Wildman–Crippen LogP) is 1.20. The molecule has 0 spiro atoms. The van der Waals surface area contributed by atoms with Crippen LogP contribution in [-0.2, 0) is 10.0 Å². The average molecular weight is 251 g/mol. The molecule has 82 valence electrons. The number of nitrogens with two attached hydrogens (primary N) is 1. The maximum absolute atomic E-state index is 11.0. The van der Waals surface area contributed by atoms with Crippen LogP contribution in [0.2, 0.25) is 5.02 Å². The van der Waals surface area contributed by atoms with Gasteiger partial charge in [0, 0.05) is 11.6 Å². The first-order valence-electron chi connectivity index (χ1n) is 3.71. The normalized spacial score (nSPS) is 11.4. The molecule has 1 aromatic rings. The number of benzene rings is 1. The van der Waals surface area contributed by atoms with Crippen molar-refractivity contribution in [2.24, 2.45) is 5.14 Å². The van der Waals surface area contributed by atoms with E-state index in [9.17, 15) is 18.5 Å². The fraction of sp³-hybridized carbons (Fsp3) is 0.143. The molecular formula is C7H7ClN2O4S. The highest BCUT2D eigenvalue weighted by Gasteiger charge is 2.19. The van der Waals surface area contributed by atoms with Crippen molar-refractivity contribution < 1.29 is 13.3 Å². The van der Waals surface area contributed by atoms with E-state index in [-0.39, 0.29) is 21.2 Å². The molecule has 1 aromatic carbocycles. The Balaban J connectivity index is 3.57. The Labute approximate surface area is 90.9 Å². The molecule has 0 fully saturated rings. The van der Waals surface area contributed by atoms with Crippen molar-refractivity contribution >= 4 is 27.3 Å². The van der Waals surface area contributed by atoms with Gasteiger partial charge in [-0.2, -0.15) is 0 Å². The van der Waals surface area contributed by atoms with Crippen LogP contribution in [0.1, 0.15) is 5.56 Å². The van der Waals surface area contributed by atoms with E-state index in [0.29, 0.717) is 0 Å².